The molecule has 0 bridgehead atoms. The van der Waals surface area contributed by atoms with Crippen LogP contribution in [0, 0.1) is 13.8 Å². The van der Waals surface area contributed by atoms with Gasteiger partial charge in [0, 0.05) is 44.0 Å². The molecule has 1 saturated heterocycles. The molecule has 3 heterocycles. The maximum absolute atomic E-state index is 4.45. The van der Waals surface area contributed by atoms with Crippen LogP contribution in [0.5, 0.6) is 0 Å². The summed E-state index contributed by atoms with van der Waals surface area (Å²) in [6.45, 7) is 10.2. The minimum Gasteiger partial charge on any atom is -0.354 e. The lowest BCUT2D eigenvalue weighted by Gasteiger charge is -2.36. The molecule has 0 aliphatic carbocycles. The summed E-state index contributed by atoms with van der Waals surface area (Å²) in [5.41, 5.74) is 2.25. The molecule has 112 valence electrons. The molecule has 1 aliphatic rings. The van der Waals surface area contributed by atoms with Gasteiger partial charge in [-0.1, -0.05) is 0 Å². The molecule has 0 atom stereocenters. The lowest BCUT2D eigenvalue weighted by molar-refractivity contribution is 0.244. The second kappa shape index (κ2) is 6.17. The third-order valence-electron chi connectivity index (χ3n) is 4.09. The summed E-state index contributed by atoms with van der Waals surface area (Å²) in [5, 5.41) is 4.14. The Bertz CT molecular complexity index is 573. The molecule has 1 aliphatic heterocycles. The molecule has 3 rings (SSSR count). The van der Waals surface area contributed by atoms with Gasteiger partial charge in [0.1, 0.15) is 24.8 Å². The van der Waals surface area contributed by atoms with E-state index in [1.807, 2.05) is 11.6 Å². The molecule has 7 heteroatoms. The van der Waals surface area contributed by atoms with Crippen molar-refractivity contribution in [1.29, 1.82) is 0 Å². The number of nitrogens with zero attached hydrogens (tertiary/aromatic N) is 7. The fourth-order valence-corrected chi connectivity index (χ4v) is 2.62. The van der Waals surface area contributed by atoms with Crippen LogP contribution in [0.4, 0.5) is 5.82 Å². The second-order valence-electron chi connectivity index (χ2n) is 5.39. The van der Waals surface area contributed by atoms with Crippen molar-refractivity contribution in [3.63, 3.8) is 0 Å². The highest BCUT2D eigenvalue weighted by atomic mass is 15.3. The summed E-state index contributed by atoms with van der Waals surface area (Å²) in [7, 11) is 0. The van der Waals surface area contributed by atoms with E-state index in [1.54, 1.807) is 19.0 Å². The van der Waals surface area contributed by atoms with Crippen molar-refractivity contribution in [1.82, 2.24) is 29.6 Å². The molecule has 2 aromatic rings. The fraction of sp³-hybridized carbons (Fsp3) is 0.571. The molecule has 0 amide bonds. The molecule has 0 unspecified atom stereocenters. The lowest BCUT2D eigenvalue weighted by Crippen LogP contribution is -2.47. The van der Waals surface area contributed by atoms with Crippen molar-refractivity contribution >= 4 is 5.82 Å². The van der Waals surface area contributed by atoms with Crippen molar-refractivity contribution in [3.05, 3.63) is 30.2 Å². The van der Waals surface area contributed by atoms with Gasteiger partial charge in [0.15, 0.2) is 0 Å². The summed E-state index contributed by atoms with van der Waals surface area (Å²) in [6, 6.07) is 0. The molecular formula is C14H21N7. The van der Waals surface area contributed by atoms with Crippen molar-refractivity contribution in [2.24, 2.45) is 0 Å². The monoisotopic (exact) mass is 287 g/mol. The van der Waals surface area contributed by atoms with E-state index >= 15 is 0 Å². The zero-order chi connectivity index (χ0) is 14.7. The molecule has 21 heavy (non-hydrogen) atoms. The Morgan fingerprint density at radius 3 is 2.52 bits per heavy atom. The van der Waals surface area contributed by atoms with Crippen LogP contribution in [0.1, 0.15) is 11.3 Å². The number of piperazine rings is 1. The molecule has 0 radical (unpaired) electrons. The van der Waals surface area contributed by atoms with Crippen molar-refractivity contribution in [2.75, 3.05) is 37.6 Å². The number of anilines is 1. The van der Waals surface area contributed by atoms with E-state index in [0.29, 0.717) is 0 Å². The number of rotatable bonds is 4. The van der Waals surface area contributed by atoms with Crippen LogP contribution in [0.15, 0.2) is 19.0 Å². The third kappa shape index (κ3) is 3.18. The Labute approximate surface area is 124 Å². The fourth-order valence-electron chi connectivity index (χ4n) is 2.62. The summed E-state index contributed by atoms with van der Waals surface area (Å²) in [5.74, 6) is 1.08. The Morgan fingerprint density at radius 1 is 1.00 bits per heavy atom. The number of aromatic nitrogens is 5. The largest absolute Gasteiger partial charge is 0.354 e. The van der Waals surface area contributed by atoms with Crippen LogP contribution in [-0.2, 0) is 6.54 Å². The standard InChI is InChI=1S/C14H21N7/c1-12-13(2)16-10-17-14(12)20-6-3-19(4-7-20)5-8-21-11-15-9-18-21/h9-11H,3-8H2,1-2H3. The predicted octanol–water partition coefficient (Wildman–Crippen LogP) is 0.507. The average molecular weight is 287 g/mol. The Balaban J connectivity index is 1.54. The molecule has 0 saturated carbocycles. The Kier molecular flexibility index (Phi) is 4.10. The van der Waals surface area contributed by atoms with Gasteiger partial charge in [0.25, 0.3) is 0 Å². The van der Waals surface area contributed by atoms with Gasteiger partial charge in [-0.25, -0.2) is 15.0 Å². The molecule has 1 fully saturated rings. The van der Waals surface area contributed by atoms with E-state index in [1.165, 1.54) is 5.56 Å². The highest BCUT2D eigenvalue weighted by molar-refractivity contribution is 5.47. The van der Waals surface area contributed by atoms with Gasteiger partial charge in [-0.05, 0) is 13.8 Å². The van der Waals surface area contributed by atoms with Gasteiger partial charge < -0.3 is 4.90 Å². The molecule has 2 aromatic heterocycles. The highest BCUT2D eigenvalue weighted by Gasteiger charge is 2.19. The van der Waals surface area contributed by atoms with Gasteiger partial charge in [-0.3, -0.25) is 9.58 Å². The number of hydrogen-bond acceptors (Lipinski definition) is 6. The van der Waals surface area contributed by atoms with Crippen molar-refractivity contribution in [3.8, 4) is 0 Å². The first kappa shape index (κ1) is 13.9. The predicted molar refractivity (Wildman–Crippen MR) is 80.2 cm³/mol. The van der Waals surface area contributed by atoms with E-state index in [4.69, 9.17) is 0 Å². The topological polar surface area (TPSA) is 63.0 Å². The van der Waals surface area contributed by atoms with Gasteiger partial charge in [0.05, 0.1) is 6.54 Å². The van der Waals surface area contributed by atoms with Crippen LogP contribution in [0.2, 0.25) is 0 Å². The van der Waals surface area contributed by atoms with Gasteiger partial charge in [-0.15, -0.1) is 0 Å². The quantitative estimate of drug-likeness (QED) is 0.816. The van der Waals surface area contributed by atoms with E-state index in [0.717, 1.165) is 50.8 Å². The molecular weight excluding hydrogens is 266 g/mol. The first-order chi connectivity index (χ1) is 10.2. The van der Waals surface area contributed by atoms with Crippen LogP contribution >= 0.6 is 0 Å². The maximum atomic E-state index is 4.45. The number of hydrogen-bond donors (Lipinski definition) is 0. The first-order valence-electron chi connectivity index (χ1n) is 7.32. The van der Waals surface area contributed by atoms with Crippen LogP contribution in [0.3, 0.4) is 0 Å². The zero-order valence-electron chi connectivity index (χ0n) is 12.6. The average Bonchev–Trinajstić information content (AvgIpc) is 3.02. The second-order valence-corrected chi connectivity index (χ2v) is 5.39. The summed E-state index contributed by atoms with van der Waals surface area (Å²) < 4.78 is 1.88. The minimum absolute atomic E-state index is 0.894. The van der Waals surface area contributed by atoms with Crippen LogP contribution < -0.4 is 4.90 Å². The smallest absolute Gasteiger partial charge is 0.137 e. The normalized spacial score (nSPS) is 16.4. The lowest BCUT2D eigenvalue weighted by atomic mass is 10.2. The minimum atomic E-state index is 0.894. The van der Waals surface area contributed by atoms with Crippen molar-refractivity contribution in [2.45, 2.75) is 20.4 Å². The summed E-state index contributed by atoms with van der Waals surface area (Å²) >= 11 is 0. The molecule has 7 nitrogen and oxygen atoms in total. The maximum Gasteiger partial charge on any atom is 0.137 e. The summed E-state index contributed by atoms with van der Waals surface area (Å²) in [6.07, 6.45) is 5.01. The van der Waals surface area contributed by atoms with Gasteiger partial charge >= 0.3 is 0 Å². The van der Waals surface area contributed by atoms with Crippen molar-refractivity contribution < 1.29 is 0 Å². The SMILES string of the molecule is Cc1ncnc(N2CCN(CCn3cncn3)CC2)c1C. The Morgan fingerprint density at radius 2 is 1.81 bits per heavy atom. The van der Waals surface area contributed by atoms with Gasteiger partial charge in [0.2, 0.25) is 0 Å². The van der Waals surface area contributed by atoms with E-state index in [-0.39, 0.29) is 0 Å². The highest BCUT2D eigenvalue weighted by Crippen LogP contribution is 2.19. The first-order valence-corrected chi connectivity index (χ1v) is 7.32. The van der Waals surface area contributed by atoms with Crippen LogP contribution in [0.25, 0.3) is 0 Å². The number of aryl methyl sites for hydroxylation is 1. The van der Waals surface area contributed by atoms with E-state index in [9.17, 15) is 0 Å². The molecule has 0 N–H and O–H groups in total. The van der Waals surface area contributed by atoms with Crippen LogP contribution in [-0.4, -0.2) is 62.4 Å². The van der Waals surface area contributed by atoms with E-state index < -0.39 is 0 Å². The third-order valence-corrected chi connectivity index (χ3v) is 4.09. The molecule has 0 spiro atoms. The summed E-state index contributed by atoms with van der Waals surface area (Å²) in [4.78, 5) is 17.5. The zero-order valence-corrected chi connectivity index (χ0v) is 12.6. The Hall–Kier alpha value is -2.02. The van der Waals surface area contributed by atoms with E-state index in [2.05, 4.69) is 36.8 Å². The molecule has 0 aromatic carbocycles. The van der Waals surface area contributed by atoms with Gasteiger partial charge in [-0.2, -0.15) is 5.10 Å².